The van der Waals surface area contributed by atoms with Gasteiger partial charge in [-0.3, -0.25) is 14.4 Å². The van der Waals surface area contributed by atoms with Crippen LogP contribution in [0, 0.1) is 13.8 Å². The molecule has 3 rings (SSSR count). The van der Waals surface area contributed by atoms with Gasteiger partial charge >= 0.3 is 11.8 Å². The van der Waals surface area contributed by atoms with Crippen LogP contribution in [-0.4, -0.2) is 37.7 Å². The number of ether oxygens (including phenoxy) is 2. The molecule has 0 saturated carbocycles. The summed E-state index contributed by atoms with van der Waals surface area (Å²) in [5.74, 6) is -1.51. The zero-order valence-corrected chi connectivity index (χ0v) is 21.7. The second-order valence-electron chi connectivity index (χ2n) is 7.80. The van der Waals surface area contributed by atoms with Crippen molar-refractivity contribution in [2.75, 3.05) is 24.4 Å². The Morgan fingerprint density at radius 1 is 0.892 bits per heavy atom. The van der Waals surface area contributed by atoms with E-state index >= 15 is 0 Å². The third-order valence-corrected chi connectivity index (χ3v) is 5.79. The van der Waals surface area contributed by atoms with E-state index in [1.807, 2.05) is 32.0 Å². The van der Waals surface area contributed by atoms with Crippen LogP contribution in [0.5, 0.6) is 11.5 Å². The lowest BCUT2D eigenvalue weighted by atomic mass is 10.1. The van der Waals surface area contributed by atoms with Crippen molar-refractivity contribution in [3.63, 3.8) is 0 Å². The standard InChI is InChI=1S/C26H24Cl2N4O5/c1-15-5-4-6-16(2)24(15)31-25(34)26(35)32-29-13-17-7-10-21(22(11-17)36-3)37-14-23(33)30-18-8-9-19(27)20(28)12-18/h4-13H,14H2,1-3H3,(H,30,33)(H,31,34)(H,32,35)/b29-13-. The van der Waals surface area contributed by atoms with Gasteiger partial charge < -0.3 is 20.1 Å². The number of anilines is 2. The average molecular weight is 543 g/mol. The second kappa shape index (κ2) is 12.8. The summed E-state index contributed by atoms with van der Waals surface area (Å²) in [6.45, 7) is 3.39. The van der Waals surface area contributed by atoms with Crippen LogP contribution in [0.15, 0.2) is 59.7 Å². The number of hydrogen-bond donors (Lipinski definition) is 3. The summed E-state index contributed by atoms with van der Waals surface area (Å²) < 4.78 is 10.9. The molecule has 0 radical (unpaired) electrons. The molecule has 0 bridgehead atoms. The molecule has 3 amide bonds. The zero-order valence-electron chi connectivity index (χ0n) is 20.2. The number of carbonyl (C=O) groups excluding carboxylic acids is 3. The number of carbonyl (C=O) groups is 3. The number of hydrogen-bond acceptors (Lipinski definition) is 6. The molecule has 3 aromatic carbocycles. The van der Waals surface area contributed by atoms with Crippen LogP contribution in [0.3, 0.4) is 0 Å². The fraction of sp³-hybridized carbons (Fsp3) is 0.154. The lowest BCUT2D eigenvalue weighted by Gasteiger charge is -2.12. The highest BCUT2D eigenvalue weighted by molar-refractivity contribution is 6.42. The number of hydrazone groups is 1. The second-order valence-corrected chi connectivity index (χ2v) is 8.61. The van der Waals surface area contributed by atoms with E-state index in [0.29, 0.717) is 38.5 Å². The fourth-order valence-electron chi connectivity index (χ4n) is 3.20. The van der Waals surface area contributed by atoms with Crippen LogP contribution in [0.1, 0.15) is 16.7 Å². The number of rotatable bonds is 8. The molecule has 0 aromatic heterocycles. The minimum absolute atomic E-state index is 0.282. The maximum Gasteiger partial charge on any atom is 0.329 e. The molecule has 0 aliphatic heterocycles. The lowest BCUT2D eigenvalue weighted by molar-refractivity contribution is -0.136. The van der Waals surface area contributed by atoms with Gasteiger partial charge in [-0.15, -0.1) is 0 Å². The number of halogens is 2. The van der Waals surface area contributed by atoms with Crippen molar-refractivity contribution in [3.05, 3.63) is 81.3 Å². The summed E-state index contributed by atoms with van der Waals surface area (Å²) in [7, 11) is 1.44. The van der Waals surface area contributed by atoms with Crippen LogP contribution in [0.4, 0.5) is 11.4 Å². The zero-order chi connectivity index (χ0) is 26.9. The largest absolute Gasteiger partial charge is 0.493 e. The van der Waals surface area contributed by atoms with Crippen LogP contribution < -0.4 is 25.5 Å². The topological polar surface area (TPSA) is 118 Å². The Morgan fingerprint density at radius 2 is 1.62 bits per heavy atom. The first-order chi connectivity index (χ1) is 17.7. The third kappa shape index (κ3) is 7.70. The van der Waals surface area contributed by atoms with Gasteiger partial charge in [-0.25, -0.2) is 5.43 Å². The summed E-state index contributed by atoms with van der Waals surface area (Å²) in [4.78, 5) is 36.5. The van der Waals surface area contributed by atoms with Crippen molar-refractivity contribution in [1.82, 2.24) is 5.43 Å². The molecule has 3 aromatic rings. The summed E-state index contributed by atoms with van der Waals surface area (Å²) in [6.07, 6.45) is 1.34. The van der Waals surface area contributed by atoms with E-state index in [2.05, 4.69) is 21.2 Å². The van der Waals surface area contributed by atoms with Crippen molar-refractivity contribution >= 4 is 58.5 Å². The molecule has 37 heavy (non-hydrogen) atoms. The first-order valence-corrected chi connectivity index (χ1v) is 11.7. The average Bonchev–Trinajstić information content (AvgIpc) is 2.87. The van der Waals surface area contributed by atoms with Crippen LogP contribution in [0.25, 0.3) is 0 Å². The molecule has 0 atom stereocenters. The van der Waals surface area contributed by atoms with Gasteiger partial charge in [0.1, 0.15) is 0 Å². The highest BCUT2D eigenvalue weighted by atomic mass is 35.5. The Balaban J connectivity index is 1.55. The van der Waals surface area contributed by atoms with E-state index in [4.69, 9.17) is 32.7 Å². The number of para-hydroxylation sites is 1. The number of benzene rings is 3. The summed E-state index contributed by atoms with van der Waals surface area (Å²) in [6, 6.07) is 15.1. The minimum Gasteiger partial charge on any atom is -0.493 e. The molecule has 0 aliphatic carbocycles. The first kappa shape index (κ1) is 27.5. The monoisotopic (exact) mass is 542 g/mol. The van der Waals surface area contributed by atoms with Crippen molar-refractivity contribution < 1.29 is 23.9 Å². The molecule has 0 unspecified atom stereocenters. The number of aryl methyl sites for hydroxylation is 2. The molecule has 192 valence electrons. The lowest BCUT2D eigenvalue weighted by Crippen LogP contribution is -2.32. The number of methoxy groups -OCH3 is 1. The van der Waals surface area contributed by atoms with Gasteiger partial charge in [0.15, 0.2) is 18.1 Å². The smallest absolute Gasteiger partial charge is 0.329 e. The van der Waals surface area contributed by atoms with E-state index in [9.17, 15) is 14.4 Å². The molecule has 9 nitrogen and oxygen atoms in total. The molecular formula is C26H24Cl2N4O5. The molecule has 0 spiro atoms. The third-order valence-electron chi connectivity index (χ3n) is 5.06. The Bertz CT molecular complexity index is 1340. The molecule has 3 N–H and O–H groups in total. The Kier molecular flexibility index (Phi) is 9.48. The van der Waals surface area contributed by atoms with Gasteiger partial charge in [0.2, 0.25) is 0 Å². The number of amides is 3. The van der Waals surface area contributed by atoms with Crippen molar-refractivity contribution in [2.24, 2.45) is 5.10 Å². The van der Waals surface area contributed by atoms with Crippen LogP contribution in [-0.2, 0) is 14.4 Å². The van der Waals surface area contributed by atoms with E-state index in [1.165, 1.54) is 19.4 Å². The maximum atomic E-state index is 12.2. The number of nitrogens with zero attached hydrogens (tertiary/aromatic N) is 1. The van der Waals surface area contributed by atoms with Crippen molar-refractivity contribution in [3.8, 4) is 11.5 Å². The molecule has 0 saturated heterocycles. The van der Waals surface area contributed by atoms with Crippen LogP contribution in [0.2, 0.25) is 10.0 Å². The van der Waals surface area contributed by atoms with Gasteiger partial charge in [-0.05, 0) is 66.9 Å². The van der Waals surface area contributed by atoms with E-state index < -0.39 is 17.7 Å². The van der Waals surface area contributed by atoms with E-state index in [-0.39, 0.29) is 6.61 Å². The van der Waals surface area contributed by atoms with Gasteiger partial charge in [0, 0.05) is 11.4 Å². The van der Waals surface area contributed by atoms with Gasteiger partial charge in [0.25, 0.3) is 5.91 Å². The quantitative estimate of drug-likeness (QED) is 0.216. The van der Waals surface area contributed by atoms with Crippen LogP contribution >= 0.6 is 23.2 Å². The van der Waals surface area contributed by atoms with Gasteiger partial charge in [0.05, 0.1) is 23.4 Å². The van der Waals surface area contributed by atoms with E-state index in [1.54, 1.807) is 30.3 Å². The maximum absolute atomic E-state index is 12.2. The first-order valence-electron chi connectivity index (χ1n) is 10.9. The summed E-state index contributed by atoms with van der Waals surface area (Å²) in [5, 5.41) is 9.76. The molecule has 0 aliphatic rings. The van der Waals surface area contributed by atoms with Gasteiger partial charge in [-0.1, -0.05) is 41.4 Å². The minimum atomic E-state index is -0.918. The molecular weight excluding hydrogens is 519 g/mol. The highest BCUT2D eigenvalue weighted by Gasteiger charge is 2.15. The van der Waals surface area contributed by atoms with E-state index in [0.717, 1.165) is 11.1 Å². The normalized spacial score (nSPS) is 10.6. The Morgan fingerprint density at radius 3 is 2.30 bits per heavy atom. The highest BCUT2D eigenvalue weighted by Crippen LogP contribution is 2.28. The summed E-state index contributed by atoms with van der Waals surface area (Å²) in [5.41, 5.74) is 5.48. The molecule has 0 heterocycles. The Hall–Kier alpha value is -4.08. The Labute approximate surface area is 223 Å². The molecule has 11 heteroatoms. The van der Waals surface area contributed by atoms with Crippen molar-refractivity contribution in [1.29, 1.82) is 0 Å². The number of nitrogens with one attached hydrogen (secondary N) is 3. The van der Waals surface area contributed by atoms with Gasteiger partial charge in [-0.2, -0.15) is 5.10 Å². The SMILES string of the molecule is COc1cc(/C=N\NC(=O)C(=O)Nc2c(C)cccc2C)ccc1OCC(=O)Nc1ccc(Cl)c(Cl)c1. The van der Waals surface area contributed by atoms with Crippen molar-refractivity contribution in [2.45, 2.75) is 13.8 Å². The predicted octanol–water partition coefficient (Wildman–Crippen LogP) is 4.73. The predicted molar refractivity (Wildman–Crippen MR) is 144 cm³/mol. The summed E-state index contributed by atoms with van der Waals surface area (Å²) >= 11 is 11.8. The molecule has 0 fully saturated rings. The fourth-order valence-corrected chi connectivity index (χ4v) is 3.49.